The molecule has 2 aromatic heterocycles. The van der Waals surface area contributed by atoms with Gasteiger partial charge in [0, 0.05) is 6.20 Å². The number of hydrogen-bond acceptors (Lipinski definition) is 6. The van der Waals surface area contributed by atoms with Crippen LogP contribution in [-0.4, -0.2) is 32.7 Å². The fourth-order valence-electron chi connectivity index (χ4n) is 2.02. The number of aromatic nitrogens is 3. The van der Waals surface area contributed by atoms with Gasteiger partial charge in [-0.3, -0.25) is 4.98 Å². The van der Waals surface area contributed by atoms with Gasteiger partial charge in [-0.2, -0.15) is 4.98 Å². The SMILES string of the molecule is CC(C)CCC(CO)Nc1nc(N)nc2cccnc12. The monoisotopic (exact) mass is 275 g/mol. The van der Waals surface area contributed by atoms with E-state index in [4.69, 9.17) is 5.73 Å². The molecule has 0 saturated carbocycles. The molecule has 0 saturated heterocycles. The lowest BCUT2D eigenvalue weighted by Crippen LogP contribution is -2.25. The number of nitrogens with one attached hydrogen (secondary N) is 1. The van der Waals surface area contributed by atoms with Crippen molar-refractivity contribution >= 4 is 22.8 Å². The molecule has 2 heterocycles. The van der Waals surface area contributed by atoms with Crippen LogP contribution in [-0.2, 0) is 0 Å². The average Bonchev–Trinajstić information content (AvgIpc) is 2.42. The summed E-state index contributed by atoms with van der Waals surface area (Å²) in [6.07, 6.45) is 3.59. The third kappa shape index (κ3) is 3.54. The number of nitrogens with two attached hydrogens (primary N) is 1. The van der Waals surface area contributed by atoms with Crippen molar-refractivity contribution in [2.75, 3.05) is 17.7 Å². The van der Waals surface area contributed by atoms with Gasteiger partial charge in [-0.05, 0) is 30.9 Å². The van der Waals surface area contributed by atoms with Gasteiger partial charge in [0.2, 0.25) is 5.95 Å². The molecular weight excluding hydrogens is 254 g/mol. The van der Waals surface area contributed by atoms with E-state index in [1.807, 2.05) is 6.07 Å². The van der Waals surface area contributed by atoms with E-state index in [-0.39, 0.29) is 18.6 Å². The van der Waals surface area contributed by atoms with Crippen LogP contribution < -0.4 is 11.1 Å². The number of hydrogen-bond donors (Lipinski definition) is 3. The number of fused-ring (bicyclic) bond motifs is 1. The fraction of sp³-hybridized carbons (Fsp3) is 0.500. The lowest BCUT2D eigenvalue weighted by molar-refractivity contribution is 0.263. The van der Waals surface area contributed by atoms with Gasteiger partial charge in [-0.25, -0.2) is 4.98 Å². The Morgan fingerprint density at radius 1 is 1.30 bits per heavy atom. The molecule has 0 aliphatic carbocycles. The van der Waals surface area contributed by atoms with Gasteiger partial charge >= 0.3 is 0 Å². The zero-order chi connectivity index (χ0) is 14.5. The molecule has 2 aromatic rings. The van der Waals surface area contributed by atoms with Crippen molar-refractivity contribution < 1.29 is 5.11 Å². The minimum absolute atomic E-state index is 0.0466. The molecule has 0 aliphatic heterocycles. The molecule has 1 unspecified atom stereocenters. The van der Waals surface area contributed by atoms with Crippen molar-refractivity contribution in [1.29, 1.82) is 0 Å². The summed E-state index contributed by atoms with van der Waals surface area (Å²) < 4.78 is 0. The second-order valence-electron chi connectivity index (χ2n) is 5.30. The first-order chi connectivity index (χ1) is 9.60. The molecule has 0 aromatic carbocycles. The second kappa shape index (κ2) is 6.47. The van der Waals surface area contributed by atoms with Crippen LogP contribution in [0.2, 0.25) is 0 Å². The number of nitrogens with zero attached hydrogens (tertiary/aromatic N) is 3. The number of nitrogen functional groups attached to an aromatic ring is 1. The molecule has 0 radical (unpaired) electrons. The van der Waals surface area contributed by atoms with Gasteiger partial charge in [0.1, 0.15) is 5.52 Å². The van der Waals surface area contributed by atoms with E-state index in [1.54, 1.807) is 12.3 Å². The Hall–Kier alpha value is -1.95. The molecule has 4 N–H and O–H groups in total. The Kier molecular flexibility index (Phi) is 4.68. The lowest BCUT2D eigenvalue weighted by atomic mass is 10.0. The largest absolute Gasteiger partial charge is 0.394 e. The van der Waals surface area contributed by atoms with Crippen molar-refractivity contribution in [3.05, 3.63) is 18.3 Å². The van der Waals surface area contributed by atoms with Crippen LogP contribution in [0.25, 0.3) is 11.0 Å². The van der Waals surface area contributed by atoms with Gasteiger partial charge in [0.15, 0.2) is 5.82 Å². The normalized spacial score (nSPS) is 12.8. The van der Waals surface area contributed by atoms with Gasteiger partial charge in [-0.15, -0.1) is 0 Å². The van der Waals surface area contributed by atoms with Gasteiger partial charge in [0.25, 0.3) is 0 Å². The smallest absolute Gasteiger partial charge is 0.222 e. The summed E-state index contributed by atoms with van der Waals surface area (Å²) in [6, 6.07) is 3.59. The molecule has 0 aliphatic rings. The van der Waals surface area contributed by atoms with E-state index in [1.165, 1.54) is 0 Å². The van der Waals surface area contributed by atoms with Crippen molar-refractivity contribution in [2.45, 2.75) is 32.7 Å². The Bertz CT molecular complexity index is 572. The summed E-state index contributed by atoms with van der Waals surface area (Å²) in [4.78, 5) is 12.6. The topological polar surface area (TPSA) is 97.0 Å². The highest BCUT2D eigenvalue weighted by atomic mass is 16.3. The third-order valence-corrected chi connectivity index (χ3v) is 3.13. The molecule has 0 spiro atoms. The van der Waals surface area contributed by atoms with Gasteiger partial charge in [-0.1, -0.05) is 13.8 Å². The van der Waals surface area contributed by atoms with Crippen LogP contribution >= 0.6 is 0 Å². The van der Waals surface area contributed by atoms with E-state index in [0.717, 1.165) is 12.8 Å². The number of rotatable bonds is 6. The number of aliphatic hydroxyl groups is 1. The summed E-state index contributed by atoms with van der Waals surface area (Å²) >= 11 is 0. The molecule has 1 atom stereocenters. The summed E-state index contributed by atoms with van der Waals surface area (Å²) in [5.74, 6) is 1.38. The molecule has 0 amide bonds. The van der Waals surface area contributed by atoms with Crippen LogP contribution in [0.3, 0.4) is 0 Å². The predicted octanol–water partition coefficient (Wildman–Crippen LogP) is 1.82. The predicted molar refractivity (Wildman–Crippen MR) is 80.3 cm³/mol. The average molecular weight is 275 g/mol. The van der Waals surface area contributed by atoms with E-state index < -0.39 is 0 Å². The molecule has 0 bridgehead atoms. The Balaban J connectivity index is 2.23. The maximum absolute atomic E-state index is 9.48. The van der Waals surface area contributed by atoms with Crippen LogP contribution in [0.5, 0.6) is 0 Å². The van der Waals surface area contributed by atoms with E-state index >= 15 is 0 Å². The van der Waals surface area contributed by atoms with Crippen molar-refractivity contribution in [2.24, 2.45) is 5.92 Å². The van der Waals surface area contributed by atoms with Gasteiger partial charge < -0.3 is 16.2 Å². The molecular formula is C14H21N5O. The maximum Gasteiger partial charge on any atom is 0.222 e. The Morgan fingerprint density at radius 3 is 2.80 bits per heavy atom. The fourth-order valence-corrected chi connectivity index (χ4v) is 2.02. The second-order valence-corrected chi connectivity index (χ2v) is 5.30. The maximum atomic E-state index is 9.48. The van der Waals surface area contributed by atoms with Crippen LogP contribution in [0.4, 0.5) is 11.8 Å². The first-order valence-corrected chi connectivity index (χ1v) is 6.85. The van der Waals surface area contributed by atoms with Crippen molar-refractivity contribution in [1.82, 2.24) is 15.0 Å². The molecule has 0 fully saturated rings. The van der Waals surface area contributed by atoms with Crippen LogP contribution in [0.1, 0.15) is 26.7 Å². The summed E-state index contributed by atoms with van der Waals surface area (Å²) in [6.45, 7) is 4.37. The van der Waals surface area contributed by atoms with Crippen LogP contribution in [0.15, 0.2) is 18.3 Å². The summed E-state index contributed by atoms with van der Waals surface area (Å²) in [7, 11) is 0. The minimum atomic E-state index is -0.0584. The molecule has 2 rings (SSSR count). The summed E-state index contributed by atoms with van der Waals surface area (Å²) in [5, 5.41) is 12.7. The van der Waals surface area contributed by atoms with Crippen LogP contribution in [0, 0.1) is 5.92 Å². The Morgan fingerprint density at radius 2 is 2.10 bits per heavy atom. The number of anilines is 2. The van der Waals surface area contributed by atoms with Gasteiger partial charge in [0.05, 0.1) is 18.2 Å². The molecule has 6 nitrogen and oxygen atoms in total. The number of pyridine rings is 1. The quantitative estimate of drug-likeness (QED) is 0.744. The summed E-state index contributed by atoms with van der Waals surface area (Å²) in [5.41, 5.74) is 7.08. The first-order valence-electron chi connectivity index (χ1n) is 6.85. The Labute approximate surface area is 118 Å². The molecule has 20 heavy (non-hydrogen) atoms. The van der Waals surface area contributed by atoms with E-state index in [2.05, 4.69) is 34.1 Å². The third-order valence-electron chi connectivity index (χ3n) is 3.13. The van der Waals surface area contributed by atoms with Crippen molar-refractivity contribution in [3.8, 4) is 0 Å². The highest BCUT2D eigenvalue weighted by Gasteiger charge is 2.13. The zero-order valence-corrected chi connectivity index (χ0v) is 11.9. The van der Waals surface area contributed by atoms with E-state index in [0.29, 0.717) is 22.8 Å². The zero-order valence-electron chi connectivity index (χ0n) is 11.9. The molecule has 6 heteroatoms. The minimum Gasteiger partial charge on any atom is -0.394 e. The number of aliphatic hydroxyl groups excluding tert-OH is 1. The lowest BCUT2D eigenvalue weighted by Gasteiger charge is -2.18. The standard InChI is InChI=1S/C14H21N5O/c1-9(2)5-6-10(8-20)17-13-12-11(4-3-7-16-12)18-14(15)19-13/h3-4,7,9-10,20H,5-6,8H2,1-2H3,(H3,15,17,18,19). The molecule has 108 valence electrons. The van der Waals surface area contributed by atoms with Crippen molar-refractivity contribution in [3.63, 3.8) is 0 Å². The highest BCUT2D eigenvalue weighted by molar-refractivity contribution is 5.85. The highest BCUT2D eigenvalue weighted by Crippen LogP contribution is 2.20. The first kappa shape index (κ1) is 14.5. The van der Waals surface area contributed by atoms with E-state index in [9.17, 15) is 5.11 Å².